The van der Waals surface area contributed by atoms with Gasteiger partial charge in [0.1, 0.15) is 10.7 Å². The van der Waals surface area contributed by atoms with E-state index in [0.29, 0.717) is 16.9 Å². The summed E-state index contributed by atoms with van der Waals surface area (Å²) in [6, 6.07) is 13.7. The number of halogens is 1. The smallest absolute Gasteiger partial charge is 0.338 e. The van der Waals surface area contributed by atoms with E-state index in [9.17, 15) is 14.4 Å². The third-order valence-corrected chi connectivity index (χ3v) is 5.12. The van der Waals surface area contributed by atoms with Crippen LogP contribution in [-0.4, -0.2) is 23.9 Å². The first kappa shape index (κ1) is 22.6. The highest BCUT2D eigenvalue weighted by Gasteiger charge is 2.38. The van der Waals surface area contributed by atoms with E-state index in [1.807, 2.05) is 12.1 Å². The second-order valence-corrected chi connectivity index (χ2v) is 7.94. The van der Waals surface area contributed by atoms with Crippen molar-refractivity contribution in [2.75, 3.05) is 10.2 Å². The van der Waals surface area contributed by atoms with Crippen LogP contribution >= 0.6 is 11.6 Å². The quantitative estimate of drug-likeness (QED) is 0.460. The van der Waals surface area contributed by atoms with Crippen LogP contribution in [-0.2, 0) is 20.7 Å². The Morgan fingerprint density at radius 1 is 1.03 bits per heavy atom. The number of carbonyl (C=O) groups is 3. The zero-order valence-electron chi connectivity index (χ0n) is 17.8. The molecule has 2 amide bonds. The topological polar surface area (TPSA) is 75.7 Å². The Kier molecular flexibility index (Phi) is 7.13. The standard InChI is InChI=1S/C24H25ClN2O4/c1-4-5-6-16-7-13-19(14-8-16)27-22(28)20(25)21(23(27)29)26-18-11-9-17(10-12-18)24(30)31-15(2)3/h7-15,26H,4-6H2,1-3H3. The Hall–Kier alpha value is -3.12. The number of nitrogens with one attached hydrogen (secondary N) is 1. The summed E-state index contributed by atoms with van der Waals surface area (Å²) in [5, 5.41) is 2.72. The molecule has 0 saturated heterocycles. The molecule has 1 N–H and O–H groups in total. The van der Waals surface area contributed by atoms with Crippen molar-refractivity contribution >= 4 is 40.8 Å². The lowest BCUT2D eigenvalue weighted by Crippen LogP contribution is -2.32. The summed E-state index contributed by atoms with van der Waals surface area (Å²) < 4.78 is 5.16. The molecule has 0 saturated carbocycles. The molecule has 0 spiro atoms. The second-order valence-electron chi connectivity index (χ2n) is 7.56. The van der Waals surface area contributed by atoms with Crippen molar-refractivity contribution in [3.63, 3.8) is 0 Å². The number of hydrogen-bond donors (Lipinski definition) is 1. The average Bonchev–Trinajstić information content (AvgIpc) is 2.96. The van der Waals surface area contributed by atoms with Gasteiger partial charge in [0.15, 0.2) is 0 Å². The van der Waals surface area contributed by atoms with Gasteiger partial charge in [-0.1, -0.05) is 37.1 Å². The zero-order chi connectivity index (χ0) is 22.5. The molecule has 0 aromatic heterocycles. The number of anilines is 2. The molecule has 0 radical (unpaired) electrons. The van der Waals surface area contributed by atoms with Gasteiger partial charge >= 0.3 is 5.97 Å². The summed E-state index contributed by atoms with van der Waals surface area (Å²) in [7, 11) is 0. The second kappa shape index (κ2) is 9.79. The van der Waals surface area contributed by atoms with Crippen molar-refractivity contribution < 1.29 is 19.1 Å². The maximum absolute atomic E-state index is 12.9. The molecular weight excluding hydrogens is 416 g/mol. The van der Waals surface area contributed by atoms with Crippen LogP contribution < -0.4 is 10.2 Å². The zero-order valence-corrected chi connectivity index (χ0v) is 18.5. The number of rotatable bonds is 8. The lowest BCUT2D eigenvalue weighted by atomic mass is 10.1. The van der Waals surface area contributed by atoms with E-state index in [-0.39, 0.29) is 16.8 Å². The van der Waals surface area contributed by atoms with Gasteiger partial charge in [-0.25, -0.2) is 9.69 Å². The van der Waals surface area contributed by atoms with Gasteiger partial charge in [-0.15, -0.1) is 0 Å². The fourth-order valence-corrected chi connectivity index (χ4v) is 3.37. The molecule has 0 unspecified atom stereocenters. The number of benzene rings is 2. The first-order valence-electron chi connectivity index (χ1n) is 10.3. The largest absolute Gasteiger partial charge is 0.459 e. The van der Waals surface area contributed by atoms with Gasteiger partial charge in [0.2, 0.25) is 0 Å². The lowest BCUT2D eigenvalue weighted by Gasteiger charge is -2.15. The van der Waals surface area contributed by atoms with E-state index < -0.39 is 17.8 Å². The SMILES string of the molecule is CCCCc1ccc(N2C(=O)C(Cl)=C(Nc3ccc(C(=O)OC(C)C)cc3)C2=O)cc1. The van der Waals surface area contributed by atoms with Crippen LogP contribution in [0.15, 0.2) is 59.3 Å². The first-order valence-corrected chi connectivity index (χ1v) is 10.6. The molecular formula is C24H25ClN2O4. The van der Waals surface area contributed by atoms with E-state index >= 15 is 0 Å². The molecule has 1 aliphatic heterocycles. The highest BCUT2D eigenvalue weighted by atomic mass is 35.5. The molecule has 0 atom stereocenters. The third kappa shape index (κ3) is 5.14. The van der Waals surface area contributed by atoms with Crippen molar-refractivity contribution in [1.29, 1.82) is 0 Å². The predicted octanol–water partition coefficient (Wildman–Crippen LogP) is 5.03. The van der Waals surface area contributed by atoms with Gasteiger partial charge in [-0.05, 0) is 68.7 Å². The van der Waals surface area contributed by atoms with Crippen molar-refractivity contribution in [2.45, 2.75) is 46.1 Å². The molecule has 1 heterocycles. The number of amides is 2. The van der Waals surface area contributed by atoms with Gasteiger partial charge < -0.3 is 10.1 Å². The molecule has 162 valence electrons. The van der Waals surface area contributed by atoms with Gasteiger partial charge in [-0.3, -0.25) is 9.59 Å². The van der Waals surface area contributed by atoms with E-state index in [1.54, 1.807) is 50.2 Å². The Morgan fingerprint density at radius 3 is 2.26 bits per heavy atom. The van der Waals surface area contributed by atoms with Gasteiger partial charge in [0.05, 0.1) is 17.4 Å². The van der Waals surface area contributed by atoms with Crippen LogP contribution in [0.2, 0.25) is 0 Å². The minimum absolute atomic E-state index is 0.000710. The Morgan fingerprint density at radius 2 is 1.68 bits per heavy atom. The predicted molar refractivity (Wildman–Crippen MR) is 121 cm³/mol. The van der Waals surface area contributed by atoms with Crippen LogP contribution in [0.1, 0.15) is 49.5 Å². The number of ether oxygens (including phenoxy) is 1. The Balaban J connectivity index is 1.73. The summed E-state index contributed by atoms with van der Waals surface area (Å²) in [6.07, 6.45) is 2.91. The van der Waals surface area contributed by atoms with E-state index in [4.69, 9.17) is 16.3 Å². The highest BCUT2D eigenvalue weighted by molar-refractivity contribution is 6.53. The Bertz CT molecular complexity index is 1010. The number of imide groups is 1. The van der Waals surface area contributed by atoms with Gasteiger partial charge in [-0.2, -0.15) is 0 Å². The number of esters is 1. The van der Waals surface area contributed by atoms with Crippen LogP contribution in [0.3, 0.4) is 0 Å². The van der Waals surface area contributed by atoms with E-state index in [2.05, 4.69) is 12.2 Å². The molecule has 2 aromatic rings. The molecule has 7 heteroatoms. The number of aryl methyl sites for hydroxylation is 1. The monoisotopic (exact) mass is 440 g/mol. The molecule has 1 aliphatic rings. The van der Waals surface area contributed by atoms with Gasteiger partial charge in [0.25, 0.3) is 11.8 Å². The van der Waals surface area contributed by atoms with Crippen LogP contribution in [0.25, 0.3) is 0 Å². The minimum atomic E-state index is -0.576. The molecule has 0 bridgehead atoms. The first-order chi connectivity index (χ1) is 14.8. The molecule has 0 fully saturated rings. The van der Waals surface area contributed by atoms with Crippen molar-refractivity contribution in [1.82, 2.24) is 0 Å². The maximum atomic E-state index is 12.9. The lowest BCUT2D eigenvalue weighted by molar-refractivity contribution is -0.120. The molecule has 2 aromatic carbocycles. The van der Waals surface area contributed by atoms with Crippen LogP contribution in [0.4, 0.5) is 11.4 Å². The maximum Gasteiger partial charge on any atom is 0.338 e. The molecule has 31 heavy (non-hydrogen) atoms. The van der Waals surface area contributed by atoms with Crippen molar-refractivity contribution in [3.8, 4) is 0 Å². The molecule has 3 rings (SSSR count). The number of hydrogen-bond acceptors (Lipinski definition) is 5. The summed E-state index contributed by atoms with van der Waals surface area (Å²) in [6.45, 7) is 5.67. The van der Waals surface area contributed by atoms with Crippen LogP contribution in [0, 0.1) is 0 Å². The third-order valence-electron chi connectivity index (χ3n) is 4.77. The normalized spacial score (nSPS) is 13.9. The molecule has 6 nitrogen and oxygen atoms in total. The highest BCUT2D eigenvalue weighted by Crippen LogP contribution is 2.30. The van der Waals surface area contributed by atoms with Crippen LogP contribution in [0.5, 0.6) is 0 Å². The van der Waals surface area contributed by atoms with Crippen molar-refractivity contribution in [2.24, 2.45) is 0 Å². The fraction of sp³-hybridized carbons (Fsp3) is 0.292. The number of unbranched alkanes of at least 4 members (excludes halogenated alkanes) is 1. The minimum Gasteiger partial charge on any atom is -0.459 e. The average molecular weight is 441 g/mol. The molecule has 0 aliphatic carbocycles. The van der Waals surface area contributed by atoms with Gasteiger partial charge in [0, 0.05) is 5.69 Å². The van der Waals surface area contributed by atoms with E-state index in [0.717, 1.165) is 29.7 Å². The fourth-order valence-electron chi connectivity index (χ4n) is 3.15. The summed E-state index contributed by atoms with van der Waals surface area (Å²) in [4.78, 5) is 38.6. The Labute approximate surface area is 186 Å². The van der Waals surface area contributed by atoms with Crippen molar-refractivity contribution in [3.05, 3.63) is 70.4 Å². The summed E-state index contributed by atoms with van der Waals surface area (Å²) in [5.41, 5.74) is 2.53. The summed E-state index contributed by atoms with van der Waals surface area (Å²) in [5.74, 6) is -1.54. The van der Waals surface area contributed by atoms with E-state index in [1.165, 1.54) is 0 Å². The number of carbonyl (C=O) groups excluding carboxylic acids is 3. The number of nitrogens with zero attached hydrogens (tertiary/aromatic N) is 1. The summed E-state index contributed by atoms with van der Waals surface area (Å²) >= 11 is 6.19.